The highest BCUT2D eigenvalue weighted by Crippen LogP contribution is 2.05. The van der Waals surface area contributed by atoms with Gasteiger partial charge in [0.25, 0.3) is 0 Å². The molecule has 0 aliphatic heterocycles. The number of pyridine rings is 1. The van der Waals surface area contributed by atoms with Crippen molar-refractivity contribution in [2.75, 3.05) is 6.61 Å². The first-order valence-electron chi connectivity index (χ1n) is 7.95. The normalized spacial score (nSPS) is 9.91. The first kappa shape index (κ1) is 20.8. The average Bonchev–Trinajstić information content (AvgIpc) is 2.48. The number of carbonyl (C=O) groups is 1. The zero-order valence-corrected chi connectivity index (χ0v) is 15.4. The lowest BCUT2D eigenvalue weighted by molar-refractivity contribution is -0.692. The van der Waals surface area contributed by atoms with Gasteiger partial charge in [-0.3, -0.25) is 0 Å². The van der Waals surface area contributed by atoms with E-state index in [-0.39, 0.29) is 29.5 Å². The minimum absolute atomic E-state index is 0. The van der Waals surface area contributed by atoms with E-state index < -0.39 is 0 Å². The number of carbonyl (C=O) groups excluding carboxylic acids is 1. The van der Waals surface area contributed by atoms with Gasteiger partial charge in [-0.25, -0.2) is 4.79 Å². The lowest BCUT2D eigenvalue weighted by Gasteiger charge is -2.04. The number of halogens is 1. The predicted molar refractivity (Wildman–Crippen MR) is 85.8 cm³/mol. The van der Waals surface area contributed by atoms with E-state index in [2.05, 4.69) is 13.5 Å². The van der Waals surface area contributed by atoms with Crippen molar-refractivity contribution >= 4 is 12.0 Å². The summed E-state index contributed by atoms with van der Waals surface area (Å²) >= 11 is 0. The predicted octanol–water partition coefficient (Wildman–Crippen LogP) is 0.833. The van der Waals surface area contributed by atoms with E-state index in [1.54, 1.807) is 6.08 Å². The highest BCUT2D eigenvalue weighted by Gasteiger charge is 2.13. The molecular formula is C18H28BrNO2. The van der Waals surface area contributed by atoms with Crippen LogP contribution in [-0.4, -0.2) is 12.6 Å². The third-order valence-corrected chi connectivity index (χ3v) is 3.57. The molecule has 4 heteroatoms. The molecule has 1 aromatic rings. The number of esters is 1. The van der Waals surface area contributed by atoms with E-state index in [9.17, 15) is 4.79 Å². The Bertz CT molecular complexity index is 460. The molecule has 1 rings (SSSR count). The van der Waals surface area contributed by atoms with Crippen LogP contribution in [0.2, 0.25) is 0 Å². The number of aromatic nitrogens is 1. The van der Waals surface area contributed by atoms with Crippen LogP contribution in [0.5, 0.6) is 0 Å². The Morgan fingerprint density at radius 3 is 2.59 bits per heavy atom. The van der Waals surface area contributed by atoms with Gasteiger partial charge >= 0.3 is 5.97 Å². The van der Waals surface area contributed by atoms with Crippen molar-refractivity contribution in [3.05, 3.63) is 36.2 Å². The van der Waals surface area contributed by atoms with Crippen LogP contribution >= 0.6 is 0 Å². The van der Waals surface area contributed by atoms with Crippen LogP contribution in [0.4, 0.5) is 0 Å². The van der Waals surface area contributed by atoms with Crippen molar-refractivity contribution in [2.45, 2.75) is 58.9 Å². The molecule has 0 unspecified atom stereocenters. The van der Waals surface area contributed by atoms with Crippen molar-refractivity contribution in [1.82, 2.24) is 0 Å². The van der Waals surface area contributed by atoms with Gasteiger partial charge in [0.15, 0.2) is 11.9 Å². The summed E-state index contributed by atoms with van der Waals surface area (Å²) in [6.45, 7) is 8.73. The zero-order chi connectivity index (χ0) is 15.5. The Kier molecular flexibility index (Phi) is 11.7. The maximum atomic E-state index is 11.8. The van der Waals surface area contributed by atoms with Crippen LogP contribution in [0.25, 0.3) is 6.08 Å². The van der Waals surface area contributed by atoms with Crippen LogP contribution in [-0.2, 0) is 16.1 Å². The third kappa shape index (κ3) is 8.32. The van der Waals surface area contributed by atoms with Crippen molar-refractivity contribution in [1.29, 1.82) is 0 Å². The van der Waals surface area contributed by atoms with E-state index in [0.717, 1.165) is 24.1 Å². The third-order valence-electron chi connectivity index (χ3n) is 3.57. The Labute approximate surface area is 145 Å². The van der Waals surface area contributed by atoms with E-state index in [4.69, 9.17) is 4.74 Å². The number of hydrogen-bond acceptors (Lipinski definition) is 2. The second kappa shape index (κ2) is 12.4. The van der Waals surface area contributed by atoms with Gasteiger partial charge in [0.1, 0.15) is 0 Å². The first-order chi connectivity index (χ1) is 10.2. The molecule has 0 radical (unpaired) electrons. The number of hydrogen-bond donors (Lipinski definition) is 0. The van der Waals surface area contributed by atoms with Gasteiger partial charge in [-0.15, -0.1) is 0 Å². The standard InChI is InChI=1S/C18H28NO2.BrH/c1-4-6-7-8-9-10-13-21-18(20)15-19-14-17(5-2)12-11-16(19)3;/h5,11-12,14H,2,4,6-10,13,15H2,1,3H3;1H/q+1;/p-1. The number of ether oxygens (including phenoxy) is 1. The molecule has 0 bridgehead atoms. The Morgan fingerprint density at radius 1 is 1.23 bits per heavy atom. The molecule has 0 amide bonds. The molecule has 0 saturated heterocycles. The largest absolute Gasteiger partial charge is 1.00 e. The lowest BCUT2D eigenvalue weighted by atomic mass is 10.1. The van der Waals surface area contributed by atoms with E-state index >= 15 is 0 Å². The Balaban J connectivity index is 0.00000441. The summed E-state index contributed by atoms with van der Waals surface area (Å²) < 4.78 is 7.20. The molecule has 1 heterocycles. The maximum Gasteiger partial charge on any atom is 0.372 e. The van der Waals surface area contributed by atoms with Gasteiger partial charge in [0, 0.05) is 18.6 Å². The summed E-state index contributed by atoms with van der Waals surface area (Å²) in [6, 6.07) is 3.97. The summed E-state index contributed by atoms with van der Waals surface area (Å²) in [5.41, 5.74) is 2.04. The highest BCUT2D eigenvalue weighted by molar-refractivity contribution is 5.67. The molecular weight excluding hydrogens is 342 g/mol. The van der Waals surface area contributed by atoms with Gasteiger partial charge < -0.3 is 21.7 Å². The molecule has 0 aromatic carbocycles. The van der Waals surface area contributed by atoms with Crippen molar-refractivity contribution in [2.24, 2.45) is 0 Å². The second-order valence-electron chi connectivity index (χ2n) is 5.42. The SMILES string of the molecule is C=Cc1ccc(C)[n+](CC(=O)OCCCCCCCC)c1.[Br-]. The molecule has 0 saturated carbocycles. The maximum absolute atomic E-state index is 11.8. The van der Waals surface area contributed by atoms with Crippen molar-refractivity contribution in [3.8, 4) is 0 Å². The summed E-state index contributed by atoms with van der Waals surface area (Å²) in [7, 11) is 0. The Morgan fingerprint density at radius 2 is 1.91 bits per heavy atom. The van der Waals surface area contributed by atoms with E-state index in [1.807, 2.05) is 29.8 Å². The van der Waals surface area contributed by atoms with Gasteiger partial charge in [-0.2, -0.15) is 4.57 Å². The highest BCUT2D eigenvalue weighted by atomic mass is 79.9. The summed E-state index contributed by atoms with van der Waals surface area (Å²) in [4.78, 5) is 11.8. The van der Waals surface area contributed by atoms with Gasteiger partial charge in [0.05, 0.1) is 6.61 Å². The topological polar surface area (TPSA) is 30.2 Å². The van der Waals surface area contributed by atoms with E-state index in [0.29, 0.717) is 6.61 Å². The monoisotopic (exact) mass is 369 g/mol. The zero-order valence-electron chi connectivity index (χ0n) is 13.8. The van der Waals surface area contributed by atoms with Crippen LogP contribution in [0.1, 0.15) is 56.7 Å². The minimum Gasteiger partial charge on any atom is -1.00 e. The van der Waals surface area contributed by atoms with Crippen LogP contribution in [0.15, 0.2) is 24.9 Å². The minimum atomic E-state index is -0.169. The summed E-state index contributed by atoms with van der Waals surface area (Å²) in [5.74, 6) is -0.169. The number of aryl methyl sites for hydroxylation is 1. The molecule has 0 fully saturated rings. The number of nitrogens with zero attached hydrogens (tertiary/aromatic N) is 1. The number of rotatable bonds is 10. The quantitative estimate of drug-likeness (QED) is 0.347. The fraction of sp³-hybridized carbons (Fsp3) is 0.556. The molecule has 0 spiro atoms. The molecule has 0 aliphatic rings. The molecule has 22 heavy (non-hydrogen) atoms. The fourth-order valence-electron chi connectivity index (χ4n) is 2.18. The Hall–Kier alpha value is -1.16. The van der Waals surface area contributed by atoms with Crippen LogP contribution in [0, 0.1) is 6.92 Å². The molecule has 1 aromatic heterocycles. The van der Waals surface area contributed by atoms with Crippen LogP contribution < -0.4 is 21.5 Å². The molecule has 3 nitrogen and oxygen atoms in total. The summed E-state index contributed by atoms with van der Waals surface area (Å²) in [5, 5.41) is 0. The smallest absolute Gasteiger partial charge is 0.372 e. The van der Waals surface area contributed by atoms with E-state index in [1.165, 1.54) is 25.7 Å². The number of unbranched alkanes of at least 4 members (excludes halogenated alkanes) is 5. The van der Waals surface area contributed by atoms with Crippen LogP contribution in [0.3, 0.4) is 0 Å². The summed E-state index contributed by atoms with van der Waals surface area (Å²) in [6.07, 6.45) is 10.9. The molecule has 0 atom stereocenters. The second-order valence-corrected chi connectivity index (χ2v) is 5.42. The molecule has 124 valence electrons. The molecule has 0 aliphatic carbocycles. The molecule has 0 N–H and O–H groups in total. The lowest BCUT2D eigenvalue weighted by Crippen LogP contribution is -3.00. The van der Waals surface area contributed by atoms with Crippen molar-refractivity contribution in [3.63, 3.8) is 0 Å². The van der Waals surface area contributed by atoms with Gasteiger partial charge in [-0.05, 0) is 12.5 Å². The van der Waals surface area contributed by atoms with Crippen molar-refractivity contribution < 1.29 is 31.1 Å². The first-order valence-corrected chi connectivity index (χ1v) is 7.95. The fourth-order valence-corrected chi connectivity index (χ4v) is 2.18. The van der Waals surface area contributed by atoms with Gasteiger partial charge in [-0.1, -0.05) is 51.7 Å². The van der Waals surface area contributed by atoms with Gasteiger partial charge in [0.2, 0.25) is 6.54 Å². The average molecular weight is 370 g/mol.